The highest BCUT2D eigenvalue weighted by Crippen LogP contribution is 2.49. The lowest BCUT2D eigenvalue weighted by atomic mass is 9.69. The second kappa shape index (κ2) is 7.61. The van der Waals surface area contributed by atoms with Gasteiger partial charge < -0.3 is 9.64 Å². The molecule has 3 aliphatic rings. The van der Waals surface area contributed by atoms with Crippen molar-refractivity contribution in [1.82, 2.24) is 0 Å². The molecule has 4 rings (SSSR count). The summed E-state index contributed by atoms with van der Waals surface area (Å²) in [6.45, 7) is 20.9. The summed E-state index contributed by atoms with van der Waals surface area (Å²) < 4.78 is 5.98. The van der Waals surface area contributed by atoms with Crippen molar-refractivity contribution < 1.29 is 4.74 Å². The average Bonchev–Trinajstić information content (AvgIpc) is 2.71. The van der Waals surface area contributed by atoms with Crippen LogP contribution in [0.4, 0.5) is 5.69 Å². The zero-order chi connectivity index (χ0) is 22.4. The third-order valence-electron chi connectivity index (χ3n) is 7.04. The molecule has 1 aromatic carbocycles. The lowest BCUT2D eigenvalue weighted by molar-refractivity contribution is 0.133. The summed E-state index contributed by atoms with van der Waals surface area (Å²) in [7, 11) is 0. The Bertz CT molecular complexity index is 1030. The van der Waals surface area contributed by atoms with Crippen molar-refractivity contribution in [3.8, 4) is 6.07 Å². The molecule has 0 aliphatic carbocycles. The first kappa shape index (κ1) is 21.3. The summed E-state index contributed by atoms with van der Waals surface area (Å²) in [4.78, 5) is 5.95. The van der Waals surface area contributed by atoms with Gasteiger partial charge in [0.25, 0.3) is 5.70 Å². The van der Waals surface area contributed by atoms with Crippen molar-refractivity contribution in [2.75, 3.05) is 18.0 Å². The maximum Gasteiger partial charge on any atom is 0.265 e. The van der Waals surface area contributed by atoms with Gasteiger partial charge in [0.1, 0.15) is 5.76 Å². The summed E-state index contributed by atoms with van der Waals surface area (Å²) in [5.41, 5.74) is 6.73. The fourth-order valence-corrected chi connectivity index (χ4v) is 5.01. The molecule has 0 spiro atoms. The largest absolute Gasteiger partial charge is 0.490 e. The fraction of sp³-hybridized carbons (Fsp3) is 0.481. The number of allylic oxidation sites excluding steroid dienone is 3. The molecule has 0 fully saturated rings. The molecular formula is C27H31N3O. The first-order chi connectivity index (χ1) is 14.6. The van der Waals surface area contributed by atoms with Crippen LogP contribution in [0, 0.1) is 17.9 Å². The summed E-state index contributed by atoms with van der Waals surface area (Å²) in [6.07, 6.45) is 8.80. The third-order valence-corrected chi connectivity index (χ3v) is 7.04. The molecule has 3 heterocycles. The number of hydrogen-bond donors (Lipinski definition) is 0. The number of anilines is 1. The Morgan fingerprint density at radius 2 is 1.77 bits per heavy atom. The minimum absolute atomic E-state index is 0.0548. The molecule has 1 aromatic rings. The van der Waals surface area contributed by atoms with Gasteiger partial charge in [0.05, 0.1) is 18.7 Å². The number of hydrogen-bond acceptors (Lipinski definition) is 3. The Labute approximate surface area is 186 Å². The molecule has 160 valence electrons. The maximum absolute atomic E-state index is 9.24. The second-order valence-corrected chi connectivity index (χ2v) is 10.3. The summed E-state index contributed by atoms with van der Waals surface area (Å²) in [5.74, 6) is 0.705. The molecule has 0 bridgehead atoms. The quantitative estimate of drug-likeness (QED) is 0.424. The molecule has 4 heteroatoms. The highest BCUT2D eigenvalue weighted by atomic mass is 16.5. The van der Waals surface area contributed by atoms with E-state index in [1.807, 2.05) is 25.1 Å². The van der Waals surface area contributed by atoms with Crippen LogP contribution in [0.2, 0.25) is 0 Å². The molecule has 1 atom stereocenters. The van der Waals surface area contributed by atoms with E-state index in [0.29, 0.717) is 12.2 Å². The lowest BCUT2D eigenvalue weighted by Crippen LogP contribution is -2.44. The predicted molar refractivity (Wildman–Crippen MR) is 125 cm³/mol. The summed E-state index contributed by atoms with van der Waals surface area (Å²) >= 11 is 0. The van der Waals surface area contributed by atoms with Crippen LogP contribution in [0.25, 0.3) is 10.9 Å². The van der Waals surface area contributed by atoms with Gasteiger partial charge in [-0.2, -0.15) is 0 Å². The van der Waals surface area contributed by atoms with Crippen LogP contribution < -0.4 is 4.90 Å². The van der Waals surface area contributed by atoms with E-state index >= 15 is 0 Å². The van der Waals surface area contributed by atoms with Gasteiger partial charge in [0.15, 0.2) is 0 Å². The van der Waals surface area contributed by atoms with Gasteiger partial charge in [0, 0.05) is 25.2 Å². The molecule has 0 radical (unpaired) electrons. The van der Waals surface area contributed by atoms with Crippen molar-refractivity contribution in [3.05, 3.63) is 69.4 Å². The van der Waals surface area contributed by atoms with Gasteiger partial charge in [-0.3, -0.25) is 0 Å². The molecule has 31 heavy (non-hydrogen) atoms. The van der Waals surface area contributed by atoms with Crippen LogP contribution in [0.1, 0.15) is 70.6 Å². The molecule has 0 N–H and O–H groups in total. The molecule has 0 saturated carbocycles. The Morgan fingerprint density at radius 3 is 2.32 bits per heavy atom. The topological polar surface area (TPSA) is 40.6 Å². The van der Waals surface area contributed by atoms with Crippen molar-refractivity contribution in [1.29, 1.82) is 5.26 Å². The van der Waals surface area contributed by atoms with E-state index in [1.165, 1.54) is 35.2 Å². The minimum atomic E-state index is -0.0548. The summed E-state index contributed by atoms with van der Waals surface area (Å²) in [5, 5.41) is 9.24. The molecule has 0 saturated heterocycles. The average molecular weight is 414 g/mol. The normalized spacial score (nSPS) is 25.1. The van der Waals surface area contributed by atoms with E-state index in [2.05, 4.69) is 55.6 Å². The van der Waals surface area contributed by atoms with Crippen LogP contribution >= 0.6 is 0 Å². The second-order valence-electron chi connectivity index (χ2n) is 10.3. The van der Waals surface area contributed by atoms with Gasteiger partial charge in [-0.25, -0.2) is 10.1 Å². The van der Waals surface area contributed by atoms with E-state index in [-0.39, 0.29) is 22.6 Å². The van der Waals surface area contributed by atoms with Crippen molar-refractivity contribution in [2.24, 2.45) is 0 Å². The van der Waals surface area contributed by atoms with E-state index in [0.717, 1.165) is 18.7 Å². The number of rotatable bonds is 2. The van der Waals surface area contributed by atoms with Crippen LogP contribution in [0.3, 0.4) is 0 Å². The molecule has 0 aromatic heterocycles. The smallest absolute Gasteiger partial charge is 0.265 e. The lowest BCUT2D eigenvalue weighted by Gasteiger charge is -2.48. The van der Waals surface area contributed by atoms with Crippen molar-refractivity contribution >= 4 is 11.8 Å². The molecule has 3 aliphatic heterocycles. The van der Waals surface area contributed by atoms with Gasteiger partial charge in [-0.1, -0.05) is 33.8 Å². The Morgan fingerprint density at radius 1 is 1.16 bits per heavy atom. The van der Waals surface area contributed by atoms with E-state index in [4.69, 9.17) is 11.3 Å². The first-order valence-electron chi connectivity index (χ1n) is 11.2. The van der Waals surface area contributed by atoms with Crippen molar-refractivity contribution in [2.45, 2.75) is 70.8 Å². The fourth-order valence-electron chi connectivity index (χ4n) is 5.01. The standard InChI is InChI=1S/C27H31N3O/c1-18-13-20(24(17-28)29-6)16-21(31-18)8-7-19-14-22-25-23(15-19)27(4,5)10-12-30(25)11-9-26(22,2)3/h7-8,14-16,18H,9-13H2,1-5H3/b8-7+,24-20-. The van der Waals surface area contributed by atoms with E-state index in [9.17, 15) is 5.26 Å². The van der Waals surface area contributed by atoms with E-state index in [1.54, 1.807) is 0 Å². The molecule has 4 nitrogen and oxygen atoms in total. The zero-order valence-corrected chi connectivity index (χ0v) is 19.2. The summed E-state index contributed by atoms with van der Waals surface area (Å²) in [6, 6.07) is 6.69. The number of ether oxygens (including phenoxy) is 1. The number of benzene rings is 1. The van der Waals surface area contributed by atoms with Gasteiger partial charge in [-0.05, 0) is 77.1 Å². The molecular weight excluding hydrogens is 382 g/mol. The zero-order valence-electron chi connectivity index (χ0n) is 19.2. The SMILES string of the molecule is [C-]#[N+]/C(C#N)=C1C=C(/C=C/c2cc3c4c(c2)C(C)(C)CCN4CCC3(C)C)OC(C)C\1. The van der Waals surface area contributed by atoms with Crippen LogP contribution in [0.5, 0.6) is 0 Å². The van der Waals surface area contributed by atoms with Crippen molar-refractivity contribution in [3.63, 3.8) is 0 Å². The van der Waals surface area contributed by atoms with Gasteiger partial charge in [0.2, 0.25) is 0 Å². The third kappa shape index (κ3) is 3.88. The Kier molecular flexibility index (Phi) is 5.22. The Hall–Kier alpha value is -2.98. The van der Waals surface area contributed by atoms with Crippen LogP contribution in [0.15, 0.2) is 41.3 Å². The number of nitrogens with zero attached hydrogens (tertiary/aromatic N) is 3. The highest BCUT2D eigenvalue weighted by Gasteiger charge is 2.39. The van der Waals surface area contributed by atoms with Crippen LogP contribution in [-0.4, -0.2) is 19.2 Å². The maximum atomic E-state index is 9.24. The highest BCUT2D eigenvalue weighted by molar-refractivity contribution is 5.72. The molecule has 0 amide bonds. The first-order valence-corrected chi connectivity index (χ1v) is 11.2. The minimum Gasteiger partial charge on any atom is -0.490 e. The van der Waals surface area contributed by atoms with E-state index < -0.39 is 0 Å². The number of nitriles is 1. The Balaban J connectivity index is 1.77. The predicted octanol–water partition coefficient (Wildman–Crippen LogP) is 6.26. The van der Waals surface area contributed by atoms with Gasteiger partial charge in [-0.15, -0.1) is 0 Å². The molecule has 1 unspecified atom stereocenters. The monoisotopic (exact) mass is 413 g/mol. The van der Waals surface area contributed by atoms with Gasteiger partial charge >= 0.3 is 0 Å². The van der Waals surface area contributed by atoms with Crippen LogP contribution in [-0.2, 0) is 15.6 Å².